The van der Waals surface area contributed by atoms with Crippen molar-refractivity contribution in [2.24, 2.45) is 0 Å². The molecular weight excluding hydrogens is 256 g/mol. The summed E-state index contributed by atoms with van der Waals surface area (Å²) in [5, 5.41) is 15.3. The van der Waals surface area contributed by atoms with E-state index >= 15 is 0 Å². The third-order valence-electron chi connectivity index (χ3n) is 2.13. The second kappa shape index (κ2) is 5.00. The molecule has 1 amide bonds. The summed E-state index contributed by atoms with van der Waals surface area (Å²) in [5.74, 6) is -0.210. The van der Waals surface area contributed by atoms with Crippen LogP contribution in [0.25, 0.3) is 0 Å². The zero-order valence-corrected chi connectivity index (χ0v) is 10.2. The number of anilines is 1. The highest BCUT2D eigenvalue weighted by Gasteiger charge is 2.08. The van der Waals surface area contributed by atoms with Gasteiger partial charge in [0.1, 0.15) is 0 Å². The Morgan fingerprint density at radius 3 is 2.82 bits per heavy atom. The van der Waals surface area contributed by atoms with Gasteiger partial charge in [-0.3, -0.25) is 4.79 Å². The minimum Gasteiger partial charge on any atom is -0.321 e. The lowest BCUT2D eigenvalue weighted by Crippen LogP contribution is -2.11. The molecule has 0 radical (unpaired) electrons. The Bertz CT molecular complexity index is 587. The van der Waals surface area contributed by atoms with Crippen LogP contribution in [0.15, 0.2) is 35.0 Å². The van der Waals surface area contributed by atoms with Gasteiger partial charge in [0.2, 0.25) is 0 Å². The van der Waals surface area contributed by atoms with Gasteiger partial charge in [-0.2, -0.15) is 16.6 Å². The lowest BCUT2D eigenvalue weighted by molar-refractivity contribution is 0.102. The fourth-order valence-electron chi connectivity index (χ4n) is 1.27. The number of nitrogens with zero attached hydrogens (tertiary/aromatic N) is 1. The SMILES string of the molecule is N#Cc1ccc(NC(=O)c2ccsc2)c(Cl)c1. The van der Waals surface area contributed by atoms with E-state index in [2.05, 4.69) is 5.32 Å². The van der Waals surface area contributed by atoms with E-state index in [9.17, 15) is 4.79 Å². The second-order valence-electron chi connectivity index (χ2n) is 3.27. The van der Waals surface area contributed by atoms with Crippen LogP contribution >= 0.6 is 22.9 Å². The van der Waals surface area contributed by atoms with Crippen molar-refractivity contribution in [1.82, 2.24) is 0 Å². The van der Waals surface area contributed by atoms with E-state index < -0.39 is 0 Å². The van der Waals surface area contributed by atoms with Crippen LogP contribution in [-0.4, -0.2) is 5.91 Å². The number of amides is 1. The number of carbonyl (C=O) groups is 1. The molecule has 0 aliphatic rings. The molecule has 3 nitrogen and oxygen atoms in total. The van der Waals surface area contributed by atoms with Gasteiger partial charge in [0, 0.05) is 5.38 Å². The Labute approximate surface area is 107 Å². The first kappa shape index (κ1) is 11.6. The first-order valence-corrected chi connectivity index (χ1v) is 6.06. The Morgan fingerprint density at radius 1 is 1.41 bits per heavy atom. The summed E-state index contributed by atoms with van der Waals surface area (Å²) in [6, 6.07) is 8.46. The number of hydrogen-bond acceptors (Lipinski definition) is 3. The van der Waals surface area contributed by atoms with Crippen molar-refractivity contribution in [2.45, 2.75) is 0 Å². The van der Waals surface area contributed by atoms with Crippen molar-refractivity contribution in [1.29, 1.82) is 5.26 Å². The number of halogens is 1. The average molecular weight is 263 g/mol. The van der Waals surface area contributed by atoms with Crippen LogP contribution in [0, 0.1) is 11.3 Å². The summed E-state index contributed by atoms with van der Waals surface area (Å²) >= 11 is 7.40. The van der Waals surface area contributed by atoms with Gasteiger partial charge in [0.05, 0.1) is 27.9 Å². The van der Waals surface area contributed by atoms with Gasteiger partial charge in [-0.05, 0) is 29.6 Å². The van der Waals surface area contributed by atoms with Gasteiger partial charge in [-0.15, -0.1) is 0 Å². The maximum absolute atomic E-state index is 11.8. The Kier molecular flexibility index (Phi) is 3.43. The lowest BCUT2D eigenvalue weighted by Gasteiger charge is -2.06. The molecule has 0 aliphatic heterocycles. The summed E-state index contributed by atoms with van der Waals surface area (Å²) in [6.45, 7) is 0. The quantitative estimate of drug-likeness (QED) is 0.900. The highest BCUT2D eigenvalue weighted by atomic mass is 35.5. The molecule has 0 saturated heterocycles. The first-order valence-electron chi connectivity index (χ1n) is 4.74. The summed E-state index contributed by atoms with van der Waals surface area (Å²) in [5.41, 5.74) is 1.56. The predicted molar refractivity (Wildman–Crippen MR) is 68.4 cm³/mol. The van der Waals surface area contributed by atoms with Crippen LogP contribution < -0.4 is 5.32 Å². The van der Waals surface area contributed by atoms with E-state index in [1.165, 1.54) is 17.4 Å². The van der Waals surface area contributed by atoms with Crippen molar-refractivity contribution in [3.8, 4) is 6.07 Å². The molecule has 2 aromatic rings. The first-order chi connectivity index (χ1) is 8.20. The van der Waals surface area contributed by atoms with E-state index in [1.54, 1.807) is 23.6 Å². The highest BCUT2D eigenvalue weighted by molar-refractivity contribution is 7.08. The van der Waals surface area contributed by atoms with E-state index in [1.807, 2.05) is 11.4 Å². The van der Waals surface area contributed by atoms with Crippen LogP contribution in [0.3, 0.4) is 0 Å². The maximum atomic E-state index is 11.8. The molecule has 1 aromatic carbocycles. The van der Waals surface area contributed by atoms with Crippen molar-refractivity contribution in [2.75, 3.05) is 5.32 Å². The Hall–Kier alpha value is -1.83. The number of rotatable bonds is 2. The minimum absolute atomic E-state index is 0.210. The average Bonchev–Trinajstić information content (AvgIpc) is 2.85. The van der Waals surface area contributed by atoms with Crippen LogP contribution in [-0.2, 0) is 0 Å². The van der Waals surface area contributed by atoms with Gasteiger partial charge in [0.15, 0.2) is 0 Å². The molecule has 1 N–H and O–H groups in total. The van der Waals surface area contributed by atoms with E-state index in [0.29, 0.717) is 21.8 Å². The molecule has 2 rings (SSSR count). The van der Waals surface area contributed by atoms with E-state index in [0.717, 1.165) is 0 Å². The monoisotopic (exact) mass is 262 g/mol. The van der Waals surface area contributed by atoms with Crippen LogP contribution in [0.2, 0.25) is 5.02 Å². The van der Waals surface area contributed by atoms with E-state index in [4.69, 9.17) is 16.9 Å². The van der Waals surface area contributed by atoms with Crippen molar-refractivity contribution in [3.63, 3.8) is 0 Å². The lowest BCUT2D eigenvalue weighted by atomic mass is 10.2. The zero-order valence-electron chi connectivity index (χ0n) is 8.61. The molecule has 0 aliphatic carbocycles. The van der Waals surface area contributed by atoms with Crippen LogP contribution in [0.5, 0.6) is 0 Å². The standard InChI is InChI=1S/C12H7ClN2OS/c13-10-5-8(6-14)1-2-11(10)15-12(16)9-3-4-17-7-9/h1-5,7H,(H,15,16). The molecule has 0 saturated carbocycles. The zero-order chi connectivity index (χ0) is 12.3. The van der Waals surface area contributed by atoms with Gasteiger partial charge in [-0.25, -0.2) is 0 Å². The van der Waals surface area contributed by atoms with Gasteiger partial charge < -0.3 is 5.32 Å². The summed E-state index contributed by atoms with van der Waals surface area (Å²) < 4.78 is 0. The second-order valence-corrected chi connectivity index (χ2v) is 4.46. The molecule has 0 spiro atoms. The smallest absolute Gasteiger partial charge is 0.256 e. The summed E-state index contributed by atoms with van der Waals surface area (Å²) in [7, 11) is 0. The van der Waals surface area contributed by atoms with Gasteiger partial charge in [0.25, 0.3) is 5.91 Å². The molecule has 84 valence electrons. The molecule has 0 atom stereocenters. The Morgan fingerprint density at radius 2 is 2.24 bits per heavy atom. The van der Waals surface area contributed by atoms with Crippen molar-refractivity contribution < 1.29 is 4.79 Å². The Balaban J connectivity index is 2.20. The molecular formula is C12H7ClN2OS. The molecule has 5 heteroatoms. The number of thiophene rings is 1. The number of nitrogens with one attached hydrogen (secondary N) is 1. The molecule has 0 unspecified atom stereocenters. The number of hydrogen-bond donors (Lipinski definition) is 1. The molecule has 0 fully saturated rings. The predicted octanol–water partition coefficient (Wildman–Crippen LogP) is 3.53. The van der Waals surface area contributed by atoms with Gasteiger partial charge in [-0.1, -0.05) is 11.6 Å². The van der Waals surface area contributed by atoms with Crippen LogP contribution in [0.1, 0.15) is 15.9 Å². The topological polar surface area (TPSA) is 52.9 Å². The fourth-order valence-corrected chi connectivity index (χ4v) is 2.14. The number of nitriles is 1. The summed E-state index contributed by atoms with van der Waals surface area (Å²) in [4.78, 5) is 11.8. The largest absolute Gasteiger partial charge is 0.321 e. The van der Waals surface area contributed by atoms with Crippen LogP contribution in [0.4, 0.5) is 5.69 Å². The van der Waals surface area contributed by atoms with Gasteiger partial charge >= 0.3 is 0 Å². The minimum atomic E-state index is -0.210. The number of carbonyl (C=O) groups excluding carboxylic acids is 1. The summed E-state index contributed by atoms with van der Waals surface area (Å²) in [6.07, 6.45) is 0. The molecule has 1 aromatic heterocycles. The van der Waals surface area contributed by atoms with Crippen molar-refractivity contribution >= 4 is 34.5 Å². The third kappa shape index (κ3) is 2.64. The van der Waals surface area contributed by atoms with Crippen molar-refractivity contribution in [3.05, 3.63) is 51.2 Å². The molecule has 0 bridgehead atoms. The fraction of sp³-hybridized carbons (Fsp3) is 0. The normalized spacial score (nSPS) is 9.65. The van der Waals surface area contributed by atoms with E-state index in [-0.39, 0.29) is 5.91 Å². The maximum Gasteiger partial charge on any atom is 0.256 e. The highest BCUT2D eigenvalue weighted by Crippen LogP contribution is 2.23. The number of benzene rings is 1. The molecule has 1 heterocycles. The molecule has 17 heavy (non-hydrogen) atoms. The third-order valence-corrected chi connectivity index (χ3v) is 3.13.